The van der Waals surface area contributed by atoms with E-state index in [0.29, 0.717) is 18.7 Å². The summed E-state index contributed by atoms with van der Waals surface area (Å²) < 4.78 is 38.7. The number of carbonyl (C=O) groups excluding carboxylic acids is 2. The van der Waals surface area contributed by atoms with E-state index in [0.717, 1.165) is 12.1 Å². The lowest BCUT2D eigenvalue weighted by Gasteiger charge is -2.23. The number of hydrogen-bond acceptors (Lipinski definition) is 2. The number of halogens is 3. The molecule has 0 aromatic heterocycles. The van der Waals surface area contributed by atoms with Gasteiger partial charge in [-0.15, -0.1) is 0 Å². The van der Waals surface area contributed by atoms with Gasteiger partial charge in [0.25, 0.3) is 0 Å². The van der Waals surface area contributed by atoms with Crippen LogP contribution in [0.1, 0.15) is 25.8 Å². The SMILES string of the molecule is CC(C)C(=O)NCCCN(C(=O)Nc1cccc(C(F)(F)F)c1)c1ccccc1. The number of benzene rings is 2. The first kappa shape index (κ1) is 22.3. The van der Waals surface area contributed by atoms with Crippen molar-refractivity contribution in [3.63, 3.8) is 0 Å². The molecule has 0 aliphatic heterocycles. The molecule has 0 fully saturated rings. The summed E-state index contributed by atoms with van der Waals surface area (Å²) in [5.74, 6) is -0.214. The van der Waals surface area contributed by atoms with Crippen LogP contribution in [-0.4, -0.2) is 25.0 Å². The van der Waals surface area contributed by atoms with Gasteiger partial charge in [-0.25, -0.2) is 4.79 Å². The minimum absolute atomic E-state index is 0.0545. The molecule has 0 atom stereocenters. The maximum atomic E-state index is 12.9. The van der Waals surface area contributed by atoms with E-state index in [9.17, 15) is 22.8 Å². The Morgan fingerprint density at radius 3 is 2.34 bits per heavy atom. The number of nitrogens with zero attached hydrogens (tertiary/aromatic N) is 1. The summed E-state index contributed by atoms with van der Waals surface area (Å²) in [6.45, 7) is 4.24. The molecule has 0 radical (unpaired) electrons. The average Bonchev–Trinajstić information content (AvgIpc) is 2.67. The van der Waals surface area contributed by atoms with Crippen molar-refractivity contribution in [2.45, 2.75) is 26.4 Å². The first-order valence-corrected chi connectivity index (χ1v) is 9.27. The zero-order chi connectivity index (χ0) is 21.4. The molecule has 29 heavy (non-hydrogen) atoms. The number of rotatable bonds is 7. The van der Waals surface area contributed by atoms with Crippen LogP contribution in [0.25, 0.3) is 0 Å². The van der Waals surface area contributed by atoms with Gasteiger partial charge < -0.3 is 10.6 Å². The molecule has 0 spiro atoms. The Balaban J connectivity index is 2.08. The molecule has 8 heteroatoms. The van der Waals surface area contributed by atoms with Crippen LogP contribution in [0.4, 0.5) is 29.3 Å². The predicted octanol–water partition coefficient (Wildman–Crippen LogP) is 4.91. The zero-order valence-corrected chi connectivity index (χ0v) is 16.3. The predicted molar refractivity (Wildman–Crippen MR) is 107 cm³/mol. The molecule has 3 amide bonds. The van der Waals surface area contributed by atoms with Crippen molar-refractivity contribution in [2.24, 2.45) is 5.92 Å². The highest BCUT2D eigenvalue weighted by Crippen LogP contribution is 2.30. The molecule has 0 heterocycles. The summed E-state index contributed by atoms with van der Waals surface area (Å²) in [5, 5.41) is 5.30. The van der Waals surface area contributed by atoms with Gasteiger partial charge in [0, 0.05) is 30.4 Å². The molecule has 0 saturated carbocycles. The Labute approximate surface area is 167 Å². The number of alkyl halides is 3. The maximum absolute atomic E-state index is 12.9. The minimum Gasteiger partial charge on any atom is -0.356 e. The normalized spacial score (nSPS) is 11.2. The molecule has 0 aliphatic carbocycles. The molecule has 2 aromatic carbocycles. The van der Waals surface area contributed by atoms with Gasteiger partial charge in [0.05, 0.1) is 5.56 Å². The summed E-state index contributed by atoms with van der Waals surface area (Å²) in [4.78, 5) is 25.8. The van der Waals surface area contributed by atoms with E-state index >= 15 is 0 Å². The number of anilines is 2. The monoisotopic (exact) mass is 407 g/mol. The van der Waals surface area contributed by atoms with Gasteiger partial charge in [0.2, 0.25) is 5.91 Å². The van der Waals surface area contributed by atoms with E-state index in [1.165, 1.54) is 17.0 Å². The molecule has 156 valence electrons. The van der Waals surface area contributed by atoms with E-state index in [1.807, 2.05) is 0 Å². The van der Waals surface area contributed by atoms with Crippen LogP contribution in [0.3, 0.4) is 0 Å². The Bertz CT molecular complexity index is 823. The van der Waals surface area contributed by atoms with Crippen LogP contribution in [0, 0.1) is 5.92 Å². The van der Waals surface area contributed by atoms with Crippen LogP contribution in [0.5, 0.6) is 0 Å². The van der Waals surface area contributed by atoms with E-state index in [2.05, 4.69) is 10.6 Å². The van der Waals surface area contributed by atoms with Crippen molar-refractivity contribution in [3.8, 4) is 0 Å². The fraction of sp³-hybridized carbons (Fsp3) is 0.333. The van der Waals surface area contributed by atoms with Gasteiger partial charge in [0.1, 0.15) is 0 Å². The fourth-order valence-electron chi connectivity index (χ4n) is 2.57. The summed E-state index contributed by atoms with van der Waals surface area (Å²) in [6, 6.07) is 12.7. The van der Waals surface area contributed by atoms with E-state index < -0.39 is 17.8 Å². The van der Waals surface area contributed by atoms with E-state index in [1.54, 1.807) is 44.2 Å². The molecule has 0 aliphatic rings. The molecule has 0 unspecified atom stereocenters. The van der Waals surface area contributed by atoms with Crippen LogP contribution in [-0.2, 0) is 11.0 Å². The first-order chi connectivity index (χ1) is 13.7. The molecule has 2 aromatic rings. The number of amides is 3. The zero-order valence-electron chi connectivity index (χ0n) is 16.3. The van der Waals surface area contributed by atoms with Crippen LogP contribution in [0.2, 0.25) is 0 Å². The topological polar surface area (TPSA) is 61.4 Å². The summed E-state index contributed by atoms with van der Waals surface area (Å²) >= 11 is 0. The Hall–Kier alpha value is -3.03. The highest BCUT2D eigenvalue weighted by molar-refractivity contribution is 6.01. The molecule has 0 saturated heterocycles. The second-order valence-electron chi connectivity index (χ2n) is 6.80. The Morgan fingerprint density at radius 2 is 1.72 bits per heavy atom. The van der Waals surface area contributed by atoms with Crippen molar-refractivity contribution >= 4 is 23.3 Å². The number of hydrogen-bond donors (Lipinski definition) is 2. The van der Waals surface area contributed by atoms with Crippen molar-refractivity contribution in [3.05, 3.63) is 60.2 Å². The molecule has 2 N–H and O–H groups in total. The molecule has 0 bridgehead atoms. The molecular weight excluding hydrogens is 383 g/mol. The van der Waals surface area contributed by atoms with Crippen molar-refractivity contribution in [1.82, 2.24) is 5.32 Å². The largest absolute Gasteiger partial charge is 0.416 e. The van der Waals surface area contributed by atoms with Crippen LogP contribution in [0.15, 0.2) is 54.6 Å². The second-order valence-corrected chi connectivity index (χ2v) is 6.80. The summed E-state index contributed by atoms with van der Waals surface area (Å²) in [5.41, 5.74) is -0.177. The van der Waals surface area contributed by atoms with Crippen molar-refractivity contribution in [1.29, 1.82) is 0 Å². The van der Waals surface area contributed by atoms with E-state index in [4.69, 9.17) is 0 Å². The third kappa shape index (κ3) is 6.81. The van der Waals surface area contributed by atoms with Crippen LogP contribution < -0.4 is 15.5 Å². The smallest absolute Gasteiger partial charge is 0.356 e. The number of nitrogens with one attached hydrogen (secondary N) is 2. The van der Waals surface area contributed by atoms with E-state index in [-0.39, 0.29) is 24.1 Å². The third-order valence-corrected chi connectivity index (χ3v) is 4.14. The summed E-state index contributed by atoms with van der Waals surface area (Å²) in [6.07, 6.45) is -4.00. The molecule has 5 nitrogen and oxygen atoms in total. The quantitative estimate of drug-likeness (QED) is 0.641. The van der Waals surface area contributed by atoms with Crippen molar-refractivity contribution < 1.29 is 22.8 Å². The number of para-hydroxylation sites is 1. The molecular formula is C21H24F3N3O2. The van der Waals surface area contributed by atoms with Crippen molar-refractivity contribution in [2.75, 3.05) is 23.3 Å². The number of urea groups is 1. The van der Waals surface area contributed by atoms with Gasteiger partial charge >= 0.3 is 12.2 Å². The van der Waals surface area contributed by atoms with Gasteiger partial charge in [-0.1, -0.05) is 38.1 Å². The first-order valence-electron chi connectivity index (χ1n) is 9.27. The standard InChI is InChI=1S/C21H24F3N3O2/c1-15(2)19(28)25-12-7-13-27(18-10-4-3-5-11-18)20(29)26-17-9-6-8-16(14-17)21(22,23)24/h3-6,8-11,14-15H,7,12-13H2,1-2H3,(H,25,28)(H,26,29). The Morgan fingerprint density at radius 1 is 1.03 bits per heavy atom. The third-order valence-electron chi connectivity index (χ3n) is 4.14. The lowest BCUT2D eigenvalue weighted by Crippen LogP contribution is -2.38. The number of carbonyl (C=O) groups is 2. The lowest BCUT2D eigenvalue weighted by molar-refractivity contribution is -0.137. The molecule has 2 rings (SSSR count). The highest BCUT2D eigenvalue weighted by Gasteiger charge is 2.30. The van der Waals surface area contributed by atoms with Gasteiger partial charge in [-0.2, -0.15) is 13.2 Å². The highest BCUT2D eigenvalue weighted by atomic mass is 19.4. The summed E-state index contributed by atoms with van der Waals surface area (Å²) in [7, 11) is 0. The maximum Gasteiger partial charge on any atom is 0.416 e. The fourth-order valence-corrected chi connectivity index (χ4v) is 2.57. The second kappa shape index (κ2) is 9.95. The Kier molecular flexibility index (Phi) is 7.64. The van der Waals surface area contributed by atoms with Gasteiger partial charge in [-0.05, 0) is 36.8 Å². The van der Waals surface area contributed by atoms with Crippen LogP contribution >= 0.6 is 0 Å². The lowest BCUT2D eigenvalue weighted by atomic mass is 10.2. The average molecular weight is 407 g/mol. The van der Waals surface area contributed by atoms with Gasteiger partial charge in [-0.3, -0.25) is 9.69 Å². The minimum atomic E-state index is -4.49. The van der Waals surface area contributed by atoms with Gasteiger partial charge in [0.15, 0.2) is 0 Å².